The average Bonchev–Trinajstić information content (AvgIpc) is 2.87. The number of sulfone groups is 1. The van der Waals surface area contributed by atoms with E-state index in [0.29, 0.717) is 12.0 Å². The molecule has 2 N–H and O–H groups in total. The van der Waals surface area contributed by atoms with E-state index in [1.165, 1.54) is 12.3 Å². The lowest BCUT2D eigenvalue weighted by molar-refractivity contribution is 0.102. The van der Waals surface area contributed by atoms with Crippen LogP contribution >= 0.6 is 11.3 Å². The summed E-state index contributed by atoms with van der Waals surface area (Å²) < 4.78 is 22.8. The number of phenolic OH excluding ortho intramolecular Hbond substituents is 1. The van der Waals surface area contributed by atoms with Crippen molar-refractivity contribution in [1.29, 1.82) is 0 Å². The quantitative estimate of drug-likeness (QED) is 0.896. The summed E-state index contributed by atoms with van der Waals surface area (Å²) in [5.41, 5.74) is 0.795. The van der Waals surface area contributed by atoms with Crippen LogP contribution in [0, 0.1) is 0 Å². The third-order valence-electron chi connectivity index (χ3n) is 2.82. The molecule has 6 nitrogen and oxygen atoms in total. The highest BCUT2D eigenvalue weighted by Crippen LogP contribution is 2.26. The summed E-state index contributed by atoms with van der Waals surface area (Å²) in [5, 5.41) is 12.7. The number of hydrogen-bond donors (Lipinski definition) is 2. The van der Waals surface area contributed by atoms with Gasteiger partial charge in [0.1, 0.15) is 9.96 Å². The maximum atomic E-state index is 12.1. The molecule has 0 saturated heterocycles. The van der Waals surface area contributed by atoms with Gasteiger partial charge in [-0.15, -0.1) is 0 Å². The molecule has 0 unspecified atom stereocenters. The van der Waals surface area contributed by atoms with E-state index in [4.69, 9.17) is 0 Å². The number of aromatic nitrogens is 1. The molecule has 0 fully saturated rings. The topological polar surface area (TPSA) is 96.4 Å². The first-order chi connectivity index (χ1) is 9.82. The molecule has 0 radical (unpaired) electrons. The Labute approximate surface area is 126 Å². The summed E-state index contributed by atoms with van der Waals surface area (Å²) in [6, 6.07) is 4.91. The highest BCUT2D eigenvalue weighted by atomic mass is 32.2. The minimum atomic E-state index is -3.35. The predicted octanol–water partition coefficient (Wildman–Crippen LogP) is 2.07. The van der Waals surface area contributed by atoms with Gasteiger partial charge in [-0.05, 0) is 18.1 Å². The summed E-state index contributed by atoms with van der Waals surface area (Å²) in [6.45, 7) is 1.87. The van der Waals surface area contributed by atoms with E-state index in [0.717, 1.165) is 17.6 Å². The maximum Gasteiger partial charge on any atom is 0.261 e. The van der Waals surface area contributed by atoms with E-state index in [1.807, 2.05) is 6.92 Å². The maximum absolute atomic E-state index is 12.1. The molecule has 0 saturated carbocycles. The number of nitrogens with one attached hydrogen (secondary N) is 1. The van der Waals surface area contributed by atoms with Gasteiger partial charge in [-0.2, -0.15) is 0 Å². The van der Waals surface area contributed by atoms with Crippen LogP contribution in [0.4, 0.5) is 5.13 Å². The number of amides is 1. The van der Waals surface area contributed by atoms with Gasteiger partial charge in [-0.25, -0.2) is 13.4 Å². The van der Waals surface area contributed by atoms with Crippen LogP contribution in [-0.4, -0.2) is 30.7 Å². The molecule has 1 amide bonds. The Bertz CT molecular complexity index is 781. The molecule has 0 aliphatic heterocycles. The minimum absolute atomic E-state index is 0.0719. The van der Waals surface area contributed by atoms with Crippen molar-refractivity contribution in [1.82, 2.24) is 4.98 Å². The van der Waals surface area contributed by atoms with Crippen molar-refractivity contribution in [3.05, 3.63) is 35.5 Å². The van der Waals surface area contributed by atoms with E-state index in [2.05, 4.69) is 10.3 Å². The van der Waals surface area contributed by atoms with Crippen molar-refractivity contribution in [3.63, 3.8) is 0 Å². The zero-order valence-corrected chi connectivity index (χ0v) is 13.1. The molecule has 2 rings (SSSR count). The highest BCUT2D eigenvalue weighted by Gasteiger charge is 2.17. The third-order valence-corrected chi connectivity index (χ3v) is 5.52. The van der Waals surface area contributed by atoms with Gasteiger partial charge in [0, 0.05) is 6.26 Å². The van der Waals surface area contributed by atoms with Crippen LogP contribution in [0.25, 0.3) is 0 Å². The number of para-hydroxylation sites is 1. The molecule has 1 aromatic heterocycles. The number of aryl methyl sites for hydroxylation is 1. The second kappa shape index (κ2) is 5.82. The van der Waals surface area contributed by atoms with E-state index in [9.17, 15) is 18.3 Å². The Morgan fingerprint density at radius 1 is 1.43 bits per heavy atom. The molecule has 0 spiro atoms. The number of phenols is 1. The first-order valence-electron chi connectivity index (χ1n) is 6.11. The Morgan fingerprint density at radius 2 is 2.14 bits per heavy atom. The molecule has 21 heavy (non-hydrogen) atoms. The SMILES string of the molecule is CCc1cccc(C(=O)Nc2ncc(S(C)(=O)=O)s2)c1O. The number of hydrogen-bond acceptors (Lipinski definition) is 6. The van der Waals surface area contributed by atoms with Crippen molar-refractivity contribution >= 4 is 32.2 Å². The van der Waals surface area contributed by atoms with Crippen LogP contribution in [0.3, 0.4) is 0 Å². The lowest BCUT2D eigenvalue weighted by atomic mass is 10.1. The summed E-state index contributed by atoms with van der Waals surface area (Å²) in [6.07, 6.45) is 2.86. The molecule has 0 atom stereocenters. The van der Waals surface area contributed by atoms with Crippen molar-refractivity contribution in [2.24, 2.45) is 0 Å². The van der Waals surface area contributed by atoms with Gasteiger partial charge in [0.2, 0.25) is 0 Å². The number of anilines is 1. The molecule has 1 aromatic carbocycles. The lowest BCUT2D eigenvalue weighted by Gasteiger charge is -2.07. The van der Waals surface area contributed by atoms with Gasteiger partial charge in [0.15, 0.2) is 15.0 Å². The third kappa shape index (κ3) is 3.40. The first-order valence-corrected chi connectivity index (χ1v) is 8.81. The predicted molar refractivity (Wildman–Crippen MR) is 80.7 cm³/mol. The Balaban J connectivity index is 2.25. The molecule has 0 aliphatic carbocycles. The fourth-order valence-electron chi connectivity index (χ4n) is 1.71. The van der Waals surface area contributed by atoms with Crippen LogP contribution in [0.5, 0.6) is 5.75 Å². The van der Waals surface area contributed by atoms with E-state index >= 15 is 0 Å². The number of aromatic hydroxyl groups is 1. The smallest absolute Gasteiger partial charge is 0.261 e. The second-order valence-corrected chi connectivity index (χ2v) is 7.65. The minimum Gasteiger partial charge on any atom is -0.507 e. The summed E-state index contributed by atoms with van der Waals surface area (Å²) >= 11 is 0.866. The van der Waals surface area contributed by atoms with E-state index in [-0.39, 0.29) is 20.7 Å². The molecular formula is C13H14N2O4S2. The van der Waals surface area contributed by atoms with Crippen LogP contribution in [0.2, 0.25) is 0 Å². The summed E-state index contributed by atoms with van der Waals surface area (Å²) in [7, 11) is -3.35. The molecular weight excluding hydrogens is 312 g/mol. The Hall–Kier alpha value is -1.93. The number of thiazole rings is 1. The van der Waals surface area contributed by atoms with Gasteiger partial charge in [-0.3, -0.25) is 10.1 Å². The van der Waals surface area contributed by atoms with Gasteiger partial charge in [0.05, 0.1) is 11.8 Å². The number of carbonyl (C=O) groups is 1. The second-order valence-electron chi connectivity index (χ2n) is 4.38. The number of nitrogens with zero attached hydrogens (tertiary/aromatic N) is 1. The lowest BCUT2D eigenvalue weighted by Crippen LogP contribution is -2.12. The standard InChI is InChI=1S/C13H14N2O4S2/c1-3-8-5-4-6-9(11(8)16)12(17)15-13-14-7-10(20-13)21(2,18)19/h4-7,16H,3H2,1-2H3,(H,14,15,17). The fraction of sp³-hybridized carbons (Fsp3) is 0.231. The van der Waals surface area contributed by atoms with Crippen LogP contribution in [0.15, 0.2) is 28.6 Å². The Kier molecular flexibility index (Phi) is 4.29. The van der Waals surface area contributed by atoms with Gasteiger partial charge in [0.25, 0.3) is 5.91 Å². The largest absolute Gasteiger partial charge is 0.507 e. The van der Waals surface area contributed by atoms with Gasteiger partial charge < -0.3 is 5.11 Å². The van der Waals surface area contributed by atoms with Crippen molar-refractivity contribution in [2.75, 3.05) is 11.6 Å². The molecule has 8 heteroatoms. The van der Waals surface area contributed by atoms with E-state index in [1.54, 1.807) is 12.1 Å². The molecule has 0 aliphatic rings. The molecule has 2 aromatic rings. The van der Waals surface area contributed by atoms with Crippen molar-refractivity contribution in [3.8, 4) is 5.75 Å². The summed E-state index contributed by atoms with van der Waals surface area (Å²) in [4.78, 5) is 16.0. The number of benzene rings is 1. The fourth-order valence-corrected chi connectivity index (χ4v) is 3.34. The Morgan fingerprint density at radius 3 is 2.71 bits per heavy atom. The van der Waals surface area contributed by atoms with Crippen molar-refractivity contribution in [2.45, 2.75) is 17.6 Å². The van der Waals surface area contributed by atoms with Crippen LogP contribution < -0.4 is 5.32 Å². The molecule has 1 heterocycles. The van der Waals surface area contributed by atoms with Crippen LogP contribution in [0.1, 0.15) is 22.8 Å². The monoisotopic (exact) mass is 326 g/mol. The van der Waals surface area contributed by atoms with E-state index < -0.39 is 15.7 Å². The molecule has 0 bridgehead atoms. The molecule has 112 valence electrons. The highest BCUT2D eigenvalue weighted by molar-refractivity contribution is 7.92. The summed E-state index contributed by atoms with van der Waals surface area (Å²) in [5.74, 6) is -0.602. The van der Waals surface area contributed by atoms with Crippen LogP contribution in [-0.2, 0) is 16.3 Å². The first kappa shape index (κ1) is 15.5. The zero-order valence-electron chi connectivity index (χ0n) is 11.5. The van der Waals surface area contributed by atoms with Gasteiger partial charge in [-0.1, -0.05) is 30.4 Å². The average molecular weight is 326 g/mol. The number of carbonyl (C=O) groups excluding carboxylic acids is 1. The number of rotatable bonds is 4. The normalized spacial score (nSPS) is 11.3. The zero-order chi connectivity index (χ0) is 15.6. The van der Waals surface area contributed by atoms with Gasteiger partial charge >= 0.3 is 0 Å². The van der Waals surface area contributed by atoms with Crippen molar-refractivity contribution < 1.29 is 18.3 Å².